The van der Waals surface area contributed by atoms with Crippen LogP contribution in [0.3, 0.4) is 0 Å². The van der Waals surface area contributed by atoms with Gasteiger partial charge in [-0.3, -0.25) is 0 Å². The van der Waals surface area contributed by atoms with Crippen LogP contribution in [0.4, 0.5) is 0 Å². The minimum atomic E-state index is -0.711. The van der Waals surface area contributed by atoms with E-state index in [9.17, 15) is 4.79 Å². The molecule has 0 saturated heterocycles. The van der Waals surface area contributed by atoms with E-state index in [0.29, 0.717) is 5.56 Å². The number of esters is 1. The molecule has 0 aliphatic rings. The molecule has 78 valence electrons. The third kappa shape index (κ3) is 2.81. The maximum absolute atomic E-state index is 11.6. The Labute approximate surface area is 89.3 Å². The molecule has 3 nitrogen and oxygen atoms in total. The van der Waals surface area contributed by atoms with Gasteiger partial charge in [-0.15, -0.1) is 0 Å². The van der Waals surface area contributed by atoms with Crippen molar-refractivity contribution in [1.29, 1.82) is 5.26 Å². The van der Waals surface area contributed by atoms with Crippen LogP contribution in [0.15, 0.2) is 18.2 Å². The lowest BCUT2D eigenvalue weighted by Gasteiger charge is -2.08. The third-order valence-corrected chi connectivity index (χ3v) is 2.08. The lowest BCUT2D eigenvalue weighted by atomic mass is 10.1. The van der Waals surface area contributed by atoms with Crippen molar-refractivity contribution < 1.29 is 9.53 Å². The second-order valence-electron chi connectivity index (χ2n) is 3.50. The molecule has 1 aromatic rings. The summed E-state index contributed by atoms with van der Waals surface area (Å²) >= 11 is 0. The van der Waals surface area contributed by atoms with Gasteiger partial charge in [-0.1, -0.05) is 17.7 Å². The molecule has 1 rings (SSSR count). The van der Waals surface area contributed by atoms with Crippen LogP contribution in [-0.4, -0.2) is 12.1 Å². The summed E-state index contributed by atoms with van der Waals surface area (Å²) in [7, 11) is 0. The first-order chi connectivity index (χ1) is 7.04. The Bertz CT molecular complexity index is 418. The van der Waals surface area contributed by atoms with E-state index in [2.05, 4.69) is 0 Å². The van der Waals surface area contributed by atoms with Gasteiger partial charge in [0, 0.05) is 0 Å². The smallest absolute Gasteiger partial charge is 0.339 e. The van der Waals surface area contributed by atoms with E-state index in [1.54, 1.807) is 13.0 Å². The zero-order chi connectivity index (χ0) is 11.4. The van der Waals surface area contributed by atoms with E-state index in [1.165, 1.54) is 0 Å². The van der Waals surface area contributed by atoms with Gasteiger partial charge < -0.3 is 4.74 Å². The highest BCUT2D eigenvalue weighted by molar-refractivity contribution is 5.91. The van der Waals surface area contributed by atoms with Gasteiger partial charge in [-0.25, -0.2) is 4.79 Å². The maximum Gasteiger partial charge on any atom is 0.339 e. The molecule has 0 saturated carbocycles. The largest absolute Gasteiger partial charge is 0.444 e. The zero-order valence-corrected chi connectivity index (χ0v) is 9.07. The van der Waals surface area contributed by atoms with E-state index in [0.717, 1.165) is 11.1 Å². The van der Waals surface area contributed by atoms with Gasteiger partial charge in [0.1, 0.15) is 6.07 Å². The molecule has 0 bridgehead atoms. The highest BCUT2D eigenvalue weighted by Crippen LogP contribution is 2.12. The van der Waals surface area contributed by atoms with Gasteiger partial charge in [0.05, 0.1) is 5.56 Å². The molecule has 15 heavy (non-hydrogen) atoms. The topological polar surface area (TPSA) is 50.1 Å². The fourth-order valence-electron chi connectivity index (χ4n) is 1.21. The van der Waals surface area contributed by atoms with Gasteiger partial charge in [-0.2, -0.15) is 5.26 Å². The zero-order valence-electron chi connectivity index (χ0n) is 9.07. The van der Waals surface area contributed by atoms with Crippen LogP contribution in [0.2, 0.25) is 0 Å². The Balaban J connectivity index is 2.92. The Morgan fingerprint density at radius 2 is 2.13 bits per heavy atom. The molecule has 0 aliphatic carbocycles. The molecule has 0 aromatic heterocycles. The average molecular weight is 203 g/mol. The van der Waals surface area contributed by atoms with Crippen molar-refractivity contribution >= 4 is 5.97 Å². The molecular formula is C12H13NO2. The summed E-state index contributed by atoms with van der Waals surface area (Å²) in [5.74, 6) is -0.440. The normalized spacial score (nSPS) is 11.6. The summed E-state index contributed by atoms with van der Waals surface area (Å²) in [4.78, 5) is 11.6. The molecule has 0 aliphatic heterocycles. The van der Waals surface area contributed by atoms with E-state index in [4.69, 9.17) is 10.00 Å². The van der Waals surface area contributed by atoms with Crippen LogP contribution in [0.5, 0.6) is 0 Å². The highest BCUT2D eigenvalue weighted by atomic mass is 16.5. The van der Waals surface area contributed by atoms with Gasteiger partial charge in [0.25, 0.3) is 0 Å². The Morgan fingerprint density at radius 1 is 1.47 bits per heavy atom. The number of nitrogens with zero attached hydrogens (tertiary/aromatic N) is 1. The van der Waals surface area contributed by atoms with Gasteiger partial charge in [0.15, 0.2) is 6.10 Å². The molecule has 0 amide bonds. The molecule has 1 unspecified atom stereocenters. The standard InChI is InChI=1S/C12H13NO2/c1-8-4-5-9(2)11(6-8)12(14)15-10(3)7-13/h4-6,10H,1-3H3. The number of nitriles is 1. The van der Waals surface area contributed by atoms with Crippen LogP contribution in [0, 0.1) is 25.2 Å². The van der Waals surface area contributed by atoms with E-state index >= 15 is 0 Å². The predicted molar refractivity (Wildman–Crippen MR) is 56.4 cm³/mol. The monoisotopic (exact) mass is 203 g/mol. The van der Waals surface area contributed by atoms with Crippen molar-refractivity contribution in [3.05, 3.63) is 34.9 Å². The predicted octanol–water partition coefficient (Wildman–Crippen LogP) is 2.37. The van der Waals surface area contributed by atoms with Crippen LogP contribution in [0.1, 0.15) is 28.4 Å². The molecule has 0 spiro atoms. The number of carbonyl (C=O) groups is 1. The number of ether oxygens (including phenoxy) is 1. The molecule has 0 radical (unpaired) electrons. The number of aryl methyl sites for hydroxylation is 2. The first-order valence-corrected chi connectivity index (χ1v) is 4.72. The number of hydrogen-bond donors (Lipinski definition) is 0. The summed E-state index contributed by atoms with van der Waals surface area (Å²) in [5.41, 5.74) is 2.38. The minimum absolute atomic E-state index is 0.440. The Morgan fingerprint density at radius 3 is 2.73 bits per heavy atom. The van der Waals surface area contributed by atoms with Crippen molar-refractivity contribution in [3.8, 4) is 6.07 Å². The SMILES string of the molecule is Cc1ccc(C)c(C(=O)OC(C)C#N)c1. The van der Waals surface area contributed by atoms with Crippen molar-refractivity contribution in [2.24, 2.45) is 0 Å². The number of carbonyl (C=O) groups excluding carboxylic acids is 1. The van der Waals surface area contributed by atoms with Crippen LogP contribution >= 0.6 is 0 Å². The van der Waals surface area contributed by atoms with Crippen LogP contribution < -0.4 is 0 Å². The number of hydrogen-bond acceptors (Lipinski definition) is 3. The molecule has 0 N–H and O–H groups in total. The fraction of sp³-hybridized carbons (Fsp3) is 0.333. The summed E-state index contributed by atoms with van der Waals surface area (Å²) < 4.78 is 4.92. The lowest BCUT2D eigenvalue weighted by molar-refractivity contribution is 0.0434. The lowest BCUT2D eigenvalue weighted by Crippen LogP contribution is -2.14. The van der Waals surface area contributed by atoms with Crippen LogP contribution in [0.25, 0.3) is 0 Å². The van der Waals surface area contributed by atoms with E-state index in [1.807, 2.05) is 32.0 Å². The summed E-state index contributed by atoms with van der Waals surface area (Å²) in [5, 5.41) is 8.53. The number of rotatable bonds is 2. The van der Waals surface area contributed by atoms with Crippen molar-refractivity contribution in [2.75, 3.05) is 0 Å². The Hall–Kier alpha value is -1.82. The fourth-order valence-corrected chi connectivity index (χ4v) is 1.21. The molecular weight excluding hydrogens is 190 g/mol. The summed E-state index contributed by atoms with van der Waals surface area (Å²) in [6, 6.07) is 7.42. The van der Waals surface area contributed by atoms with Crippen molar-refractivity contribution in [2.45, 2.75) is 26.9 Å². The van der Waals surface area contributed by atoms with Gasteiger partial charge in [0.2, 0.25) is 0 Å². The molecule has 1 atom stereocenters. The summed E-state index contributed by atoms with van der Waals surface area (Å²) in [6.07, 6.45) is -0.711. The van der Waals surface area contributed by atoms with Gasteiger partial charge in [-0.05, 0) is 32.4 Å². The quantitative estimate of drug-likeness (QED) is 0.693. The summed E-state index contributed by atoms with van der Waals surface area (Å²) in [6.45, 7) is 5.29. The maximum atomic E-state index is 11.6. The molecule has 0 fully saturated rings. The molecule has 0 heterocycles. The van der Waals surface area contributed by atoms with Crippen molar-refractivity contribution in [3.63, 3.8) is 0 Å². The highest BCUT2D eigenvalue weighted by Gasteiger charge is 2.13. The second-order valence-corrected chi connectivity index (χ2v) is 3.50. The second kappa shape index (κ2) is 4.61. The molecule has 1 aromatic carbocycles. The first-order valence-electron chi connectivity index (χ1n) is 4.72. The van der Waals surface area contributed by atoms with Crippen LogP contribution in [-0.2, 0) is 4.74 Å². The van der Waals surface area contributed by atoms with Gasteiger partial charge >= 0.3 is 5.97 Å². The van der Waals surface area contributed by atoms with Crippen molar-refractivity contribution in [1.82, 2.24) is 0 Å². The Kier molecular flexibility index (Phi) is 3.46. The third-order valence-electron chi connectivity index (χ3n) is 2.08. The first kappa shape index (κ1) is 11.3. The minimum Gasteiger partial charge on any atom is -0.444 e. The van der Waals surface area contributed by atoms with E-state index in [-0.39, 0.29) is 0 Å². The van der Waals surface area contributed by atoms with E-state index < -0.39 is 12.1 Å². The number of benzene rings is 1. The average Bonchev–Trinajstić information content (AvgIpc) is 2.21. The molecule has 3 heteroatoms.